The van der Waals surface area contributed by atoms with Crippen molar-refractivity contribution in [3.63, 3.8) is 0 Å². The number of carbonyl (C=O) groups excluding carboxylic acids is 2. The lowest BCUT2D eigenvalue weighted by Gasteiger charge is -2.15. The van der Waals surface area contributed by atoms with Gasteiger partial charge in [0.2, 0.25) is 11.9 Å². The molecule has 4 N–H and O–H groups in total. The molecule has 166 valence electrons. The number of halogens is 1. The van der Waals surface area contributed by atoms with Gasteiger partial charge in [0.05, 0.1) is 18.5 Å². The smallest absolute Gasteiger partial charge is 0.413 e. The van der Waals surface area contributed by atoms with Crippen molar-refractivity contribution in [3.8, 4) is 5.75 Å². The maximum absolute atomic E-state index is 12.5. The molecule has 0 saturated heterocycles. The average molecular weight is 471 g/mol. The van der Waals surface area contributed by atoms with Crippen molar-refractivity contribution < 1.29 is 31.7 Å². The molecule has 0 aliphatic heterocycles. The van der Waals surface area contributed by atoms with Gasteiger partial charge in [0.1, 0.15) is 17.3 Å². The summed E-state index contributed by atoms with van der Waals surface area (Å²) < 4.78 is 39.3. The minimum atomic E-state index is -4.21. The van der Waals surface area contributed by atoms with E-state index in [1.54, 1.807) is 0 Å². The summed E-state index contributed by atoms with van der Waals surface area (Å²) in [6.45, 7) is -0.237. The second kappa shape index (κ2) is 10.6. The summed E-state index contributed by atoms with van der Waals surface area (Å²) in [5, 5.41) is 15.1. The first-order valence-corrected chi connectivity index (χ1v) is 10.3. The third-order valence-corrected chi connectivity index (χ3v) is 4.98. The topological polar surface area (TPSA) is 156 Å². The maximum atomic E-state index is 12.5. The number of rotatable bonds is 7. The lowest BCUT2D eigenvalue weighted by atomic mass is 10.2. The fourth-order valence-corrected chi connectivity index (χ4v) is 3.45. The van der Waals surface area contributed by atoms with Gasteiger partial charge in [0.15, 0.2) is 0 Å². The lowest BCUT2D eigenvalue weighted by molar-refractivity contribution is -0.119. The van der Waals surface area contributed by atoms with E-state index in [2.05, 4.69) is 20.7 Å². The Bertz CT molecular complexity index is 1090. The summed E-state index contributed by atoms with van der Waals surface area (Å²) in [6, 6.07) is 9.38. The summed E-state index contributed by atoms with van der Waals surface area (Å²) in [5.74, 6) is -1.12. The molecule has 0 aliphatic rings. The molecule has 0 aromatic heterocycles. The predicted molar refractivity (Wildman–Crippen MR) is 113 cm³/mol. The SMILES string of the molecule is COCC(=O)Nc1ccc(OS(=O)(=O)c2cccc(Cl)c2)cc1NC(=N)NC(=O)OC. The largest absolute Gasteiger partial charge is 0.453 e. The van der Waals surface area contributed by atoms with Crippen LogP contribution >= 0.6 is 11.6 Å². The first-order valence-electron chi connectivity index (χ1n) is 8.48. The summed E-state index contributed by atoms with van der Waals surface area (Å²) in [6.07, 6.45) is -0.904. The molecule has 0 aliphatic carbocycles. The van der Waals surface area contributed by atoms with E-state index in [0.717, 1.165) is 7.11 Å². The Hall–Kier alpha value is -3.35. The molecule has 0 spiro atoms. The Morgan fingerprint density at radius 1 is 1.06 bits per heavy atom. The Morgan fingerprint density at radius 3 is 2.45 bits per heavy atom. The second-order valence-electron chi connectivity index (χ2n) is 5.80. The normalized spacial score (nSPS) is 10.7. The van der Waals surface area contributed by atoms with Gasteiger partial charge in [-0.05, 0) is 30.3 Å². The van der Waals surface area contributed by atoms with Crippen molar-refractivity contribution in [2.75, 3.05) is 31.5 Å². The number of nitrogens with one attached hydrogen (secondary N) is 4. The van der Waals surface area contributed by atoms with Crippen LogP contribution in [-0.2, 0) is 24.4 Å². The third kappa shape index (κ3) is 7.13. The fourth-order valence-electron chi connectivity index (χ4n) is 2.22. The second-order valence-corrected chi connectivity index (χ2v) is 7.78. The molecular weight excluding hydrogens is 452 g/mol. The van der Waals surface area contributed by atoms with Crippen molar-refractivity contribution >= 4 is 51.1 Å². The van der Waals surface area contributed by atoms with Crippen LogP contribution < -0.4 is 20.1 Å². The lowest BCUT2D eigenvalue weighted by Crippen LogP contribution is -2.35. The van der Waals surface area contributed by atoms with Crippen LogP contribution in [0.15, 0.2) is 47.4 Å². The van der Waals surface area contributed by atoms with Crippen LogP contribution in [0.2, 0.25) is 5.02 Å². The number of anilines is 2. The van der Waals surface area contributed by atoms with E-state index in [1.807, 2.05) is 0 Å². The molecule has 13 heteroatoms. The number of benzene rings is 2. The van der Waals surface area contributed by atoms with Gasteiger partial charge < -0.3 is 24.3 Å². The average Bonchev–Trinajstić information content (AvgIpc) is 2.69. The van der Waals surface area contributed by atoms with E-state index in [9.17, 15) is 18.0 Å². The van der Waals surface area contributed by atoms with Crippen LogP contribution in [0.4, 0.5) is 16.2 Å². The number of carbonyl (C=O) groups is 2. The number of hydrogen-bond acceptors (Lipinski definition) is 8. The van der Waals surface area contributed by atoms with E-state index in [1.165, 1.54) is 49.6 Å². The highest BCUT2D eigenvalue weighted by atomic mass is 35.5. The molecule has 2 amide bonds. The van der Waals surface area contributed by atoms with Crippen molar-refractivity contribution in [1.82, 2.24) is 5.32 Å². The van der Waals surface area contributed by atoms with Crippen molar-refractivity contribution in [3.05, 3.63) is 47.5 Å². The number of amides is 2. The first kappa shape index (κ1) is 23.9. The molecule has 2 aromatic carbocycles. The number of alkyl carbamates (subject to hydrolysis) is 1. The molecule has 2 rings (SSSR count). The summed E-state index contributed by atoms with van der Waals surface area (Å²) in [5.41, 5.74) is 0.232. The zero-order chi connectivity index (χ0) is 23.0. The van der Waals surface area contributed by atoms with Crippen molar-refractivity contribution in [1.29, 1.82) is 5.41 Å². The first-order chi connectivity index (χ1) is 14.6. The molecule has 0 radical (unpaired) electrons. The van der Waals surface area contributed by atoms with Crippen molar-refractivity contribution in [2.45, 2.75) is 4.90 Å². The number of hydrogen-bond donors (Lipinski definition) is 4. The fraction of sp³-hybridized carbons (Fsp3) is 0.167. The third-order valence-electron chi connectivity index (χ3n) is 3.50. The zero-order valence-corrected chi connectivity index (χ0v) is 18.0. The van der Waals surface area contributed by atoms with Crippen LogP contribution in [0.25, 0.3) is 0 Å². The van der Waals surface area contributed by atoms with E-state index in [-0.39, 0.29) is 33.6 Å². The molecule has 0 unspecified atom stereocenters. The zero-order valence-electron chi connectivity index (χ0n) is 16.4. The molecule has 0 saturated carbocycles. The maximum Gasteiger partial charge on any atom is 0.413 e. The van der Waals surface area contributed by atoms with Gasteiger partial charge >= 0.3 is 16.2 Å². The summed E-state index contributed by atoms with van der Waals surface area (Å²) in [4.78, 5) is 23.0. The molecule has 31 heavy (non-hydrogen) atoms. The van der Waals surface area contributed by atoms with Crippen molar-refractivity contribution in [2.24, 2.45) is 0 Å². The van der Waals surface area contributed by atoms with Gasteiger partial charge in [-0.25, -0.2) is 4.79 Å². The van der Waals surface area contributed by atoms with Crippen LogP contribution in [0, 0.1) is 5.41 Å². The van der Waals surface area contributed by atoms with Crippen LogP contribution in [0.5, 0.6) is 5.75 Å². The highest BCUT2D eigenvalue weighted by molar-refractivity contribution is 7.87. The molecule has 11 nitrogen and oxygen atoms in total. The highest BCUT2D eigenvalue weighted by Gasteiger charge is 2.19. The Labute approximate surface area is 183 Å². The molecule has 0 heterocycles. The number of methoxy groups -OCH3 is 2. The Balaban J connectivity index is 2.33. The van der Waals surface area contributed by atoms with E-state index in [0.29, 0.717) is 0 Å². The van der Waals surface area contributed by atoms with Gasteiger partial charge in [-0.15, -0.1) is 0 Å². The van der Waals surface area contributed by atoms with E-state index in [4.69, 9.17) is 25.9 Å². The van der Waals surface area contributed by atoms with Gasteiger partial charge in [-0.2, -0.15) is 8.42 Å². The highest BCUT2D eigenvalue weighted by Crippen LogP contribution is 2.29. The molecule has 2 aromatic rings. The quantitative estimate of drug-likeness (QED) is 0.273. The van der Waals surface area contributed by atoms with Gasteiger partial charge in [0.25, 0.3) is 0 Å². The van der Waals surface area contributed by atoms with Crippen LogP contribution in [-0.4, -0.2) is 47.2 Å². The van der Waals surface area contributed by atoms with Gasteiger partial charge in [-0.3, -0.25) is 15.5 Å². The van der Waals surface area contributed by atoms with Crippen LogP contribution in [0.3, 0.4) is 0 Å². The molecule has 0 atom stereocenters. The monoisotopic (exact) mass is 470 g/mol. The molecular formula is C18H19ClN4O7S. The van der Waals surface area contributed by atoms with Gasteiger partial charge in [0, 0.05) is 18.2 Å². The minimum Gasteiger partial charge on any atom is -0.453 e. The minimum absolute atomic E-state index is 0.0599. The molecule has 0 bridgehead atoms. The summed E-state index contributed by atoms with van der Waals surface area (Å²) in [7, 11) is -1.75. The Kier molecular flexibility index (Phi) is 8.19. The molecule has 0 fully saturated rings. The van der Waals surface area contributed by atoms with Crippen LogP contribution in [0.1, 0.15) is 0 Å². The number of guanidine groups is 1. The number of ether oxygens (including phenoxy) is 2. The Morgan fingerprint density at radius 2 is 1.81 bits per heavy atom. The van der Waals surface area contributed by atoms with E-state index >= 15 is 0 Å². The summed E-state index contributed by atoms with van der Waals surface area (Å²) >= 11 is 5.84. The van der Waals surface area contributed by atoms with E-state index < -0.39 is 28.1 Å². The van der Waals surface area contributed by atoms with Gasteiger partial charge in [-0.1, -0.05) is 17.7 Å². The standard InChI is InChI=1S/C18H19ClN4O7S/c1-28-10-16(24)21-14-7-6-12(9-15(14)22-17(20)23-18(25)29-2)30-31(26,27)13-5-3-4-11(19)8-13/h3-9H,10H2,1-2H3,(H,21,24)(H3,20,22,23,25). The predicted octanol–water partition coefficient (Wildman–Crippen LogP) is 2.40.